The second-order valence-corrected chi connectivity index (χ2v) is 3.12. The number of phenols is 1. The maximum atomic E-state index is 12.9. The molecule has 0 spiro atoms. The molecule has 76 valence electrons. The van der Waals surface area contributed by atoms with Gasteiger partial charge in [0.1, 0.15) is 0 Å². The van der Waals surface area contributed by atoms with E-state index >= 15 is 0 Å². The number of aromatic hydroxyl groups is 1. The Morgan fingerprint density at radius 1 is 1.57 bits per heavy atom. The minimum Gasteiger partial charge on any atom is -0.504 e. The Balaban J connectivity index is 3.18. The Bertz CT molecular complexity index is 368. The molecule has 1 aromatic carbocycles. The largest absolute Gasteiger partial charge is 0.504 e. The van der Waals surface area contributed by atoms with E-state index in [1.807, 2.05) is 0 Å². The first-order valence-corrected chi connectivity index (χ1v) is 4.36. The van der Waals surface area contributed by atoms with Gasteiger partial charge in [-0.3, -0.25) is 4.79 Å². The number of hydrogen-bond acceptors (Lipinski definition) is 3. The van der Waals surface area contributed by atoms with Crippen LogP contribution in [0.4, 0.5) is 4.39 Å². The molecule has 0 amide bonds. The number of benzene rings is 1. The molecule has 0 aliphatic rings. The van der Waals surface area contributed by atoms with Crippen molar-refractivity contribution >= 4 is 17.4 Å². The van der Waals surface area contributed by atoms with E-state index in [4.69, 9.17) is 17.3 Å². The average Bonchev–Trinajstić information content (AvgIpc) is 2.13. The first kappa shape index (κ1) is 10.9. The summed E-state index contributed by atoms with van der Waals surface area (Å²) in [5.41, 5.74) is 4.97. The molecule has 0 unspecified atom stereocenters. The predicted octanol–water partition coefficient (Wildman–Crippen LogP) is 1.72. The van der Waals surface area contributed by atoms with E-state index in [1.165, 1.54) is 6.07 Å². The third-order valence-electron chi connectivity index (χ3n) is 1.73. The third kappa shape index (κ3) is 2.02. The van der Waals surface area contributed by atoms with Gasteiger partial charge < -0.3 is 10.8 Å². The molecule has 1 aromatic rings. The van der Waals surface area contributed by atoms with Gasteiger partial charge in [-0.05, 0) is 18.7 Å². The van der Waals surface area contributed by atoms with E-state index < -0.39 is 17.3 Å². The number of rotatable bonds is 3. The Morgan fingerprint density at radius 2 is 2.21 bits per heavy atom. The van der Waals surface area contributed by atoms with E-state index in [2.05, 4.69) is 0 Å². The highest BCUT2D eigenvalue weighted by molar-refractivity contribution is 6.34. The summed E-state index contributed by atoms with van der Waals surface area (Å²) >= 11 is 5.64. The van der Waals surface area contributed by atoms with Crippen molar-refractivity contribution in [3.63, 3.8) is 0 Å². The fourth-order valence-electron chi connectivity index (χ4n) is 1.06. The van der Waals surface area contributed by atoms with Gasteiger partial charge in [0.15, 0.2) is 17.3 Å². The smallest absolute Gasteiger partial charge is 0.169 e. The van der Waals surface area contributed by atoms with Crippen molar-refractivity contribution in [2.24, 2.45) is 5.73 Å². The van der Waals surface area contributed by atoms with Gasteiger partial charge in [-0.25, -0.2) is 4.39 Å². The molecule has 0 aromatic heterocycles. The van der Waals surface area contributed by atoms with Crippen LogP contribution in [0.3, 0.4) is 0 Å². The average molecular weight is 218 g/mol. The van der Waals surface area contributed by atoms with Crippen LogP contribution in [-0.2, 0) is 0 Å². The molecule has 0 aliphatic heterocycles. The van der Waals surface area contributed by atoms with Crippen molar-refractivity contribution in [1.82, 2.24) is 0 Å². The summed E-state index contributed by atoms with van der Waals surface area (Å²) in [7, 11) is 0. The molecule has 0 radical (unpaired) electrons. The highest BCUT2D eigenvalue weighted by atomic mass is 35.5. The predicted molar refractivity (Wildman–Crippen MR) is 51.1 cm³/mol. The Labute approximate surface area is 85.3 Å². The van der Waals surface area contributed by atoms with Crippen LogP contribution in [0.5, 0.6) is 5.75 Å². The summed E-state index contributed by atoms with van der Waals surface area (Å²) in [6.07, 6.45) is 0.0245. The number of Topliss-reactive ketones (excluding diaryl/α,β-unsaturated/α-hetero) is 1. The minimum absolute atomic E-state index is 0.0245. The first-order chi connectivity index (χ1) is 6.57. The maximum Gasteiger partial charge on any atom is 0.169 e. The molecule has 0 saturated carbocycles. The summed E-state index contributed by atoms with van der Waals surface area (Å²) in [6, 6.07) is 2.22. The number of nitrogens with two attached hydrogens (primary N) is 1. The minimum atomic E-state index is -0.866. The van der Waals surface area contributed by atoms with Gasteiger partial charge in [0.05, 0.1) is 10.6 Å². The molecule has 3 nitrogen and oxygen atoms in total. The Morgan fingerprint density at radius 3 is 2.79 bits per heavy atom. The lowest BCUT2D eigenvalue weighted by Crippen LogP contribution is -2.09. The lowest BCUT2D eigenvalue weighted by molar-refractivity contribution is 0.0982. The SMILES string of the molecule is NCCC(=O)c1c(Cl)ccc(F)c1O. The molecule has 0 bridgehead atoms. The van der Waals surface area contributed by atoms with Gasteiger partial charge in [-0.1, -0.05) is 11.6 Å². The zero-order valence-electron chi connectivity index (χ0n) is 7.26. The third-order valence-corrected chi connectivity index (χ3v) is 2.04. The molecule has 0 atom stereocenters. The van der Waals surface area contributed by atoms with Gasteiger partial charge in [0, 0.05) is 6.42 Å². The van der Waals surface area contributed by atoms with Gasteiger partial charge in [-0.15, -0.1) is 0 Å². The molecule has 1 rings (SSSR count). The lowest BCUT2D eigenvalue weighted by atomic mass is 10.1. The van der Waals surface area contributed by atoms with E-state index in [1.54, 1.807) is 0 Å². The van der Waals surface area contributed by atoms with Crippen molar-refractivity contribution < 1.29 is 14.3 Å². The van der Waals surface area contributed by atoms with E-state index in [0.29, 0.717) is 0 Å². The Kier molecular flexibility index (Phi) is 3.43. The molecule has 3 N–H and O–H groups in total. The summed E-state index contributed by atoms with van der Waals surface area (Å²) in [6.45, 7) is 0.130. The quantitative estimate of drug-likeness (QED) is 0.758. The molecule has 0 aliphatic carbocycles. The summed E-state index contributed by atoms with van der Waals surface area (Å²) in [5.74, 6) is -2.04. The number of carbonyl (C=O) groups excluding carboxylic acids is 1. The summed E-state index contributed by atoms with van der Waals surface area (Å²) in [4.78, 5) is 11.3. The van der Waals surface area contributed by atoms with Crippen molar-refractivity contribution in [2.45, 2.75) is 6.42 Å². The van der Waals surface area contributed by atoms with Crippen LogP contribution in [0, 0.1) is 5.82 Å². The second kappa shape index (κ2) is 4.39. The molecule has 0 fully saturated rings. The summed E-state index contributed by atoms with van der Waals surface area (Å²) in [5, 5.41) is 9.28. The molecular formula is C9H9ClFNO2. The van der Waals surface area contributed by atoms with Gasteiger partial charge in [0.2, 0.25) is 0 Å². The first-order valence-electron chi connectivity index (χ1n) is 3.98. The van der Waals surface area contributed by atoms with Crippen LogP contribution in [0.2, 0.25) is 5.02 Å². The fraction of sp³-hybridized carbons (Fsp3) is 0.222. The molecule has 14 heavy (non-hydrogen) atoms. The topological polar surface area (TPSA) is 63.3 Å². The van der Waals surface area contributed by atoms with Crippen LogP contribution in [0.25, 0.3) is 0 Å². The van der Waals surface area contributed by atoms with Gasteiger partial charge >= 0.3 is 0 Å². The number of ketones is 1. The normalized spacial score (nSPS) is 10.2. The van der Waals surface area contributed by atoms with Gasteiger partial charge in [0.25, 0.3) is 0 Å². The highest BCUT2D eigenvalue weighted by Gasteiger charge is 2.17. The molecular weight excluding hydrogens is 209 g/mol. The van der Waals surface area contributed by atoms with Crippen molar-refractivity contribution in [1.29, 1.82) is 0 Å². The number of halogens is 2. The second-order valence-electron chi connectivity index (χ2n) is 2.71. The lowest BCUT2D eigenvalue weighted by Gasteiger charge is -2.05. The number of hydrogen-bond donors (Lipinski definition) is 2. The van der Waals surface area contributed by atoms with E-state index in [9.17, 15) is 14.3 Å². The van der Waals surface area contributed by atoms with Crippen LogP contribution in [0.15, 0.2) is 12.1 Å². The van der Waals surface area contributed by atoms with E-state index in [-0.39, 0.29) is 23.6 Å². The fourth-order valence-corrected chi connectivity index (χ4v) is 1.32. The standard InChI is InChI=1S/C9H9ClFNO2/c10-5-1-2-6(11)9(14)8(5)7(13)3-4-12/h1-2,14H,3-4,12H2. The van der Waals surface area contributed by atoms with Crippen LogP contribution >= 0.6 is 11.6 Å². The highest BCUT2D eigenvalue weighted by Crippen LogP contribution is 2.29. The molecule has 0 saturated heterocycles. The number of carbonyl (C=O) groups is 1. The van der Waals surface area contributed by atoms with Crippen molar-refractivity contribution in [3.8, 4) is 5.75 Å². The summed E-state index contributed by atoms with van der Waals surface area (Å²) < 4.78 is 12.9. The molecule has 5 heteroatoms. The van der Waals surface area contributed by atoms with Crippen LogP contribution < -0.4 is 5.73 Å². The monoisotopic (exact) mass is 217 g/mol. The Hall–Kier alpha value is -1.13. The maximum absolute atomic E-state index is 12.9. The zero-order valence-corrected chi connectivity index (χ0v) is 8.01. The van der Waals surface area contributed by atoms with Gasteiger partial charge in [-0.2, -0.15) is 0 Å². The van der Waals surface area contributed by atoms with E-state index in [0.717, 1.165) is 6.07 Å². The molecule has 0 heterocycles. The van der Waals surface area contributed by atoms with Crippen LogP contribution in [-0.4, -0.2) is 17.4 Å². The number of phenolic OH excluding ortho intramolecular Hbond substituents is 1. The van der Waals surface area contributed by atoms with Crippen LogP contribution in [0.1, 0.15) is 16.8 Å². The zero-order chi connectivity index (χ0) is 10.7. The van der Waals surface area contributed by atoms with Crippen molar-refractivity contribution in [3.05, 3.63) is 28.5 Å². The van der Waals surface area contributed by atoms with Crippen molar-refractivity contribution in [2.75, 3.05) is 6.54 Å².